The Bertz CT molecular complexity index is 124. The van der Waals surface area contributed by atoms with Gasteiger partial charge in [-0.15, -0.1) is 0 Å². The fourth-order valence-electron chi connectivity index (χ4n) is 1.89. The van der Waals surface area contributed by atoms with Gasteiger partial charge in [0.25, 0.3) is 0 Å². The lowest BCUT2D eigenvalue weighted by atomic mass is 10.1. The quantitative estimate of drug-likeness (QED) is 0.563. The molecule has 0 spiro atoms. The van der Waals surface area contributed by atoms with Crippen molar-refractivity contribution < 1.29 is 0 Å². The van der Waals surface area contributed by atoms with E-state index < -0.39 is 0 Å². The summed E-state index contributed by atoms with van der Waals surface area (Å²) >= 11 is 0. The number of nitrogens with one attached hydrogen (secondary N) is 1. The minimum atomic E-state index is 0.710. The van der Waals surface area contributed by atoms with Gasteiger partial charge in [-0.05, 0) is 59.8 Å². The number of hydrogen-bond donors (Lipinski definition) is 1. The van der Waals surface area contributed by atoms with E-state index in [0.29, 0.717) is 6.04 Å². The van der Waals surface area contributed by atoms with Crippen LogP contribution in [0.25, 0.3) is 0 Å². The van der Waals surface area contributed by atoms with E-state index in [9.17, 15) is 0 Å². The summed E-state index contributed by atoms with van der Waals surface area (Å²) in [6.07, 6.45) is 6.72. The maximum atomic E-state index is 3.20. The molecule has 0 saturated carbocycles. The smallest absolute Gasteiger partial charge is 0.00385 e. The summed E-state index contributed by atoms with van der Waals surface area (Å²) in [5.41, 5.74) is 0. The molecule has 0 fully saturated rings. The van der Waals surface area contributed by atoms with Gasteiger partial charge in [0, 0.05) is 6.04 Å². The minimum absolute atomic E-state index is 0.710. The standard InChI is InChI=1S/C13H30N2/c1-5-11-15(13(2)3)12-9-7-6-8-10-14-4/h13-14H,5-12H2,1-4H3. The third-order valence-corrected chi connectivity index (χ3v) is 2.86. The number of nitrogens with zero attached hydrogens (tertiary/aromatic N) is 1. The van der Waals surface area contributed by atoms with E-state index in [4.69, 9.17) is 0 Å². The minimum Gasteiger partial charge on any atom is -0.320 e. The average Bonchev–Trinajstić information content (AvgIpc) is 2.21. The van der Waals surface area contributed by atoms with Crippen LogP contribution in [0.5, 0.6) is 0 Å². The number of hydrogen-bond acceptors (Lipinski definition) is 2. The highest BCUT2D eigenvalue weighted by atomic mass is 15.1. The first-order valence-electron chi connectivity index (χ1n) is 6.61. The fraction of sp³-hybridized carbons (Fsp3) is 1.00. The molecular weight excluding hydrogens is 184 g/mol. The second kappa shape index (κ2) is 10.4. The fourth-order valence-corrected chi connectivity index (χ4v) is 1.89. The van der Waals surface area contributed by atoms with Gasteiger partial charge in [0.15, 0.2) is 0 Å². The monoisotopic (exact) mass is 214 g/mol. The normalized spacial score (nSPS) is 11.6. The van der Waals surface area contributed by atoms with Crippen molar-refractivity contribution in [2.75, 3.05) is 26.7 Å². The van der Waals surface area contributed by atoms with Gasteiger partial charge in [0.2, 0.25) is 0 Å². The Hall–Kier alpha value is -0.0800. The van der Waals surface area contributed by atoms with Crippen molar-refractivity contribution in [3.05, 3.63) is 0 Å². The molecule has 2 heteroatoms. The molecule has 92 valence electrons. The molecule has 0 radical (unpaired) electrons. The summed E-state index contributed by atoms with van der Waals surface area (Å²) in [7, 11) is 2.03. The molecule has 0 amide bonds. The van der Waals surface area contributed by atoms with E-state index in [2.05, 4.69) is 31.0 Å². The van der Waals surface area contributed by atoms with E-state index >= 15 is 0 Å². The van der Waals surface area contributed by atoms with Gasteiger partial charge in [-0.2, -0.15) is 0 Å². The summed E-state index contributed by atoms with van der Waals surface area (Å²) in [4.78, 5) is 2.60. The largest absolute Gasteiger partial charge is 0.320 e. The molecule has 0 aromatic rings. The van der Waals surface area contributed by atoms with Crippen LogP contribution in [0.1, 0.15) is 52.9 Å². The molecule has 0 heterocycles. The summed E-state index contributed by atoms with van der Waals surface area (Å²) in [5.74, 6) is 0. The SMILES string of the molecule is CCCN(CCCCCCNC)C(C)C. The van der Waals surface area contributed by atoms with Crippen LogP contribution in [-0.4, -0.2) is 37.6 Å². The van der Waals surface area contributed by atoms with Crippen LogP contribution >= 0.6 is 0 Å². The molecule has 0 unspecified atom stereocenters. The van der Waals surface area contributed by atoms with Crippen molar-refractivity contribution in [3.8, 4) is 0 Å². The molecule has 0 saturated heterocycles. The number of unbranched alkanes of at least 4 members (excludes halogenated alkanes) is 3. The van der Waals surface area contributed by atoms with Crippen molar-refractivity contribution in [3.63, 3.8) is 0 Å². The summed E-state index contributed by atoms with van der Waals surface area (Å²) in [6.45, 7) is 10.6. The summed E-state index contributed by atoms with van der Waals surface area (Å²) in [5, 5.41) is 3.20. The van der Waals surface area contributed by atoms with Crippen LogP contribution in [-0.2, 0) is 0 Å². The second-order valence-corrected chi connectivity index (χ2v) is 4.65. The first-order valence-corrected chi connectivity index (χ1v) is 6.61. The Labute approximate surface area is 96.4 Å². The van der Waals surface area contributed by atoms with Crippen molar-refractivity contribution in [2.24, 2.45) is 0 Å². The zero-order valence-electron chi connectivity index (χ0n) is 11.2. The van der Waals surface area contributed by atoms with Gasteiger partial charge in [-0.25, -0.2) is 0 Å². The molecule has 0 aromatic heterocycles. The Kier molecular flexibility index (Phi) is 10.4. The molecule has 0 aromatic carbocycles. The molecule has 1 N–H and O–H groups in total. The topological polar surface area (TPSA) is 15.3 Å². The van der Waals surface area contributed by atoms with Crippen molar-refractivity contribution >= 4 is 0 Å². The molecular formula is C13H30N2. The maximum Gasteiger partial charge on any atom is 0.00385 e. The summed E-state index contributed by atoms with van der Waals surface area (Å²) in [6, 6.07) is 0.710. The van der Waals surface area contributed by atoms with E-state index in [1.807, 2.05) is 7.05 Å². The predicted octanol–water partition coefficient (Wildman–Crippen LogP) is 2.89. The Morgan fingerprint density at radius 2 is 1.67 bits per heavy atom. The highest BCUT2D eigenvalue weighted by Crippen LogP contribution is 2.05. The van der Waals surface area contributed by atoms with Gasteiger partial charge in [-0.3, -0.25) is 0 Å². The average molecular weight is 214 g/mol. The van der Waals surface area contributed by atoms with E-state index in [0.717, 1.165) is 0 Å². The van der Waals surface area contributed by atoms with Gasteiger partial charge in [0.1, 0.15) is 0 Å². The van der Waals surface area contributed by atoms with Crippen LogP contribution < -0.4 is 5.32 Å². The van der Waals surface area contributed by atoms with Crippen LogP contribution in [0.4, 0.5) is 0 Å². The van der Waals surface area contributed by atoms with Crippen LogP contribution in [0, 0.1) is 0 Å². The lowest BCUT2D eigenvalue weighted by molar-refractivity contribution is 0.217. The zero-order chi connectivity index (χ0) is 11.5. The molecule has 0 bridgehead atoms. The van der Waals surface area contributed by atoms with E-state index in [-0.39, 0.29) is 0 Å². The van der Waals surface area contributed by atoms with Crippen LogP contribution in [0.2, 0.25) is 0 Å². The molecule has 0 rings (SSSR count). The first kappa shape index (κ1) is 14.9. The zero-order valence-corrected chi connectivity index (χ0v) is 11.2. The Morgan fingerprint density at radius 3 is 2.20 bits per heavy atom. The molecule has 0 aliphatic heterocycles. The lowest BCUT2D eigenvalue weighted by Gasteiger charge is -2.25. The second-order valence-electron chi connectivity index (χ2n) is 4.65. The van der Waals surface area contributed by atoms with Crippen LogP contribution in [0.15, 0.2) is 0 Å². The van der Waals surface area contributed by atoms with Crippen molar-refractivity contribution in [1.82, 2.24) is 10.2 Å². The number of rotatable bonds is 10. The highest BCUT2D eigenvalue weighted by Gasteiger charge is 2.06. The van der Waals surface area contributed by atoms with Gasteiger partial charge >= 0.3 is 0 Å². The van der Waals surface area contributed by atoms with E-state index in [1.54, 1.807) is 0 Å². The first-order chi connectivity index (χ1) is 7.22. The lowest BCUT2D eigenvalue weighted by Crippen LogP contribution is -2.32. The third-order valence-electron chi connectivity index (χ3n) is 2.86. The Morgan fingerprint density at radius 1 is 1.00 bits per heavy atom. The van der Waals surface area contributed by atoms with Crippen molar-refractivity contribution in [1.29, 1.82) is 0 Å². The molecule has 15 heavy (non-hydrogen) atoms. The van der Waals surface area contributed by atoms with Crippen molar-refractivity contribution in [2.45, 2.75) is 58.9 Å². The molecule has 0 aliphatic rings. The van der Waals surface area contributed by atoms with Gasteiger partial charge in [-0.1, -0.05) is 19.8 Å². The molecule has 0 aliphatic carbocycles. The van der Waals surface area contributed by atoms with E-state index in [1.165, 1.54) is 51.7 Å². The van der Waals surface area contributed by atoms with Gasteiger partial charge in [0.05, 0.1) is 0 Å². The predicted molar refractivity (Wildman–Crippen MR) is 69.4 cm³/mol. The van der Waals surface area contributed by atoms with Crippen LogP contribution in [0.3, 0.4) is 0 Å². The highest BCUT2D eigenvalue weighted by molar-refractivity contribution is 4.62. The Balaban J connectivity index is 3.37. The molecule has 2 nitrogen and oxygen atoms in total. The molecule has 0 atom stereocenters. The van der Waals surface area contributed by atoms with Gasteiger partial charge < -0.3 is 10.2 Å². The summed E-state index contributed by atoms with van der Waals surface area (Å²) < 4.78 is 0. The maximum absolute atomic E-state index is 3.20. The third kappa shape index (κ3) is 8.88.